The predicted molar refractivity (Wildman–Crippen MR) is 96.7 cm³/mol. The lowest BCUT2D eigenvalue weighted by Gasteiger charge is -2.32. The lowest BCUT2D eigenvalue weighted by atomic mass is 9.75. The first-order valence-electron chi connectivity index (χ1n) is 8.60. The van der Waals surface area contributed by atoms with E-state index in [0.29, 0.717) is 11.7 Å². The molecule has 1 aromatic rings. The quantitative estimate of drug-likeness (QED) is 0.742. The van der Waals surface area contributed by atoms with Crippen molar-refractivity contribution in [3.05, 3.63) is 29.8 Å². The number of halogens is 1. The molecule has 22 heavy (non-hydrogen) atoms. The molecule has 3 atom stereocenters. The Morgan fingerprint density at radius 3 is 2.45 bits per heavy atom. The van der Waals surface area contributed by atoms with Crippen molar-refractivity contribution in [2.45, 2.75) is 58.9 Å². The number of nitrogens with one attached hydrogen (secondary N) is 1. The van der Waals surface area contributed by atoms with Gasteiger partial charge >= 0.3 is 0 Å². The molecule has 0 aromatic heterocycles. The van der Waals surface area contributed by atoms with E-state index >= 15 is 0 Å². The maximum absolute atomic E-state index is 9.57. The Balaban J connectivity index is 0.00000242. The van der Waals surface area contributed by atoms with Crippen molar-refractivity contribution in [2.75, 3.05) is 6.54 Å². The summed E-state index contributed by atoms with van der Waals surface area (Å²) in [4.78, 5) is 0. The normalized spacial score (nSPS) is 20.0. The highest BCUT2D eigenvalue weighted by atomic mass is 35.5. The Hall–Kier alpha value is -0.730. The average Bonchev–Trinajstić information content (AvgIpc) is 2.52. The largest absolute Gasteiger partial charge is 0.508 e. The number of aromatic hydroxyl groups is 1. The molecule has 3 heteroatoms. The second kappa shape index (κ2) is 9.42. The molecule has 0 bridgehead atoms. The van der Waals surface area contributed by atoms with Crippen molar-refractivity contribution in [3.8, 4) is 5.75 Å². The Labute approximate surface area is 142 Å². The van der Waals surface area contributed by atoms with Gasteiger partial charge in [0.2, 0.25) is 0 Å². The molecule has 2 rings (SSSR count). The van der Waals surface area contributed by atoms with Crippen molar-refractivity contribution < 1.29 is 5.11 Å². The molecule has 0 radical (unpaired) electrons. The summed E-state index contributed by atoms with van der Waals surface area (Å²) < 4.78 is 0. The molecule has 1 aliphatic carbocycles. The minimum atomic E-state index is 0. The fourth-order valence-electron chi connectivity index (χ4n) is 3.59. The van der Waals surface area contributed by atoms with Crippen LogP contribution in [0.1, 0.15) is 64.5 Å². The Kier molecular flexibility index (Phi) is 8.27. The molecule has 3 unspecified atom stereocenters. The van der Waals surface area contributed by atoms with Crippen LogP contribution in [0.5, 0.6) is 5.75 Å². The summed E-state index contributed by atoms with van der Waals surface area (Å²) >= 11 is 0. The van der Waals surface area contributed by atoms with Gasteiger partial charge in [0.25, 0.3) is 0 Å². The molecule has 0 amide bonds. The fourth-order valence-corrected chi connectivity index (χ4v) is 3.59. The number of phenolic OH excluding ortho intramolecular Hbond substituents is 1. The lowest BCUT2D eigenvalue weighted by Crippen LogP contribution is -2.31. The van der Waals surface area contributed by atoms with E-state index in [1.165, 1.54) is 32.1 Å². The second-order valence-corrected chi connectivity index (χ2v) is 6.96. The third-order valence-corrected chi connectivity index (χ3v) is 5.41. The van der Waals surface area contributed by atoms with Gasteiger partial charge in [-0.25, -0.2) is 0 Å². The molecule has 2 nitrogen and oxygen atoms in total. The maximum atomic E-state index is 9.57. The summed E-state index contributed by atoms with van der Waals surface area (Å²) in [5.74, 6) is 2.78. The van der Waals surface area contributed by atoms with Crippen LogP contribution in [0.15, 0.2) is 24.3 Å². The van der Waals surface area contributed by atoms with Gasteiger partial charge in [-0.2, -0.15) is 0 Å². The number of rotatable bonds is 6. The molecule has 0 heterocycles. The number of hydrogen-bond acceptors (Lipinski definition) is 2. The smallest absolute Gasteiger partial charge is 0.115 e. The Bertz CT molecular complexity index is 431. The van der Waals surface area contributed by atoms with E-state index in [4.69, 9.17) is 0 Å². The summed E-state index contributed by atoms with van der Waals surface area (Å²) in [5.41, 5.74) is 1.16. The molecule has 1 fully saturated rings. The van der Waals surface area contributed by atoms with Crippen LogP contribution in [0.2, 0.25) is 0 Å². The van der Waals surface area contributed by atoms with Crippen molar-refractivity contribution >= 4 is 12.4 Å². The summed E-state index contributed by atoms with van der Waals surface area (Å²) in [6, 6.07) is 7.86. The fraction of sp³-hybridized carbons (Fsp3) is 0.684. The molecule has 1 aliphatic rings. The van der Waals surface area contributed by atoms with Crippen LogP contribution in [0, 0.1) is 17.8 Å². The van der Waals surface area contributed by atoms with Gasteiger partial charge in [0, 0.05) is 6.04 Å². The first-order valence-corrected chi connectivity index (χ1v) is 8.60. The number of hydrogen-bond donors (Lipinski definition) is 2. The van der Waals surface area contributed by atoms with E-state index < -0.39 is 0 Å². The van der Waals surface area contributed by atoms with Gasteiger partial charge in [-0.15, -0.1) is 12.4 Å². The van der Waals surface area contributed by atoms with Crippen LogP contribution in [0.4, 0.5) is 0 Å². The highest BCUT2D eigenvalue weighted by molar-refractivity contribution is 5.85. The van der Waals surface area contributed by atoms with Crippen LogP contribution >= 0.6 is 12.4 Å². The summed E-state index contributed by atoms with van der Waals surface area (Å²) in [5, 5.41) is 13.2. The first-order chi connectivity index (χ1) is 10.1. The SMILES string of the molecule is CC(NCC(C)C(C)C1CCCCC1)c1cccc(O)c1.Cl. The predicted octanol–water partition coefficient (Wildman–Crippen LogP) is 5.32. The van der Waals surface area contributed by atoms with Crippen LogP contribution in [0.25, 0.3) is 0 Å². The first kappa shape index (κ1) is 19.3. The third-order valence-electron chi connectivity index (χ3n) is 5.41. The van der Waals surface area contributed by atoms with Gasteiger partial charge in [0.1, 0.15) is 5.75 Å². The van der Waals surface area contributed by atoms with Crippen molar-refractivity contribution in [2.24, 2.45) is 17.8 Å². The molecule has 0 aliphatic heterocycles. The number of benzene rings is 1. The summed E-state index contributed by atoms with van der Waals surface area (Å²) in [7, 11) is 0. The average molecular weight is 326 g/mol. The molecule has 0 spiro atoms. The number of phenols is 1. The lowest BCUT2D eigenvalue weighted by molar-refractivity contribution is 0.198. The van der Waals surface area contributed by atoms with Crippen LogP contribution < -0.4 is 5.32 Å². The van der Waals surface area contributed by atoms with Crippen LogP contribution in [-0.2, 0) is 0 Å². The van der Waals surface area contributed by atoms with Gasteiger partial charge in [0.05, 0.1) is 0 Å². The maximum Gasteiger partial charge on any atom is 0.115 e. The van der Waals surface area contributed by atoms with Crippen LogP contribution in [-0.4, -0.2) is 11.7 Å². The van der Waals surface area contributed by atoms with Gasteiger partial charge in [-0.1, -0.05) is 58.1 Å². The molecule has 126 valence electrons. The van der Waals surface area contributed by atoms with Gasteiger partial charge in [-0.05, 0) is 48.9 Å². The Morgan fingerprint density at radius 1 is 1.14 bits per heavy atom. The van der Waals surface area contributed by atoms with Gasteiger partial charge in [-0.3, -0.25) is 0 Å². The van der Waals surface area contributed by atoms with E-state index in [1.807, 2.05) is 12.1 Å². The van der Waals surface area contributed by atoms with Crippen molar-refractivity contribution in [1.29, 1.82) is 0 Å². The monoisotopic (exact) mass is 325 g/mol. The van der Waals surface area contributed by atoms with E-state index in [0.717, 1.165) is 23.9 Å². The van der Waals surface area contributed by atoms with Crippen molar-refractivity contribution in [1.82, 2.24) is 5.32 Å². The molecule has 1 aromatic carbocycles. The van der Waals surface area contributed by atoms with Gasteiger partial charge in [0.15, 0.2) is 0 Å². The standard InChI is InChI=1S/C19H31NO.ClH/c1-14(15(2)17-8-5-4-6-9-17)13-20-16(3)18-10-7-11-19(21)12-18;/h7,10-12,14-17,20-21H,4-6,8-9,13H2,1-3H3;1H. The topological polar surface area (TPSA) is 32.3 Å². The van der Waals surface area contributed by atoms with E-state index in [9.17, 15) is 5.11 Å². The minimum Gasteiger partial charge on any atom is -0.508 e. The summed E-state index contributed by atoms with van der Waals surface area (Å²) in [6.45, 7) is 8.03. The van der Waals surface area contributed by atoms with Crippen molar-refractivity contribution in [3.63, 3.8) is 0 Å². The van der Waals surface area contributed by atoms with E-state index in [2.05, 4.69) is 32.2 Å². The minimum absolute atomic E-state index is 0. The highest BCUT2D eigenvalue weighted by Crippen LogP contribution is 2.33. The molecule has 1 saturated carbocycles. The summed E-state index contributed by atoms with van der Waals surface area (Å²) in [6.07, 6.45) is 7.13. The zero-order valence-electron chi connectivity index (χ0n) is 14.2. The molecule has 0 saturated heterocycles. The molecule has 2 N–H and O–H groups in total. The molecular weight excluding hydrogens is 294 g/mol. The molecular formula is C19H32ClNO. The zero-order chi connectivity index (χ0) is 15.2. The van der Waals surface area contributed by atoms with Gasteiger partial charge < -0.3 is 10.4 Å². The highest BCUT2D eigenvalue weighted by Gasteiger charge is 2.24. The third kappa shape index (κ3) is 5.48. The van der Waals surface area contributed by atoms with Crippen LogP contribution in [0.3, 0.4) is 0 Å². The van der Waals surface area contributed by atoms with E-state index in [1.54, 1.807) is 6.07 Å². The zero-order valence-corrected chi connectivity index (χ0v) is 15.0. The van der Waals surface area contributed by atoms with E-state index in [-0.39, 0.29) is 18.4 Å². The second-order valence-electron chi connectivity index (χ2n) is 6.96. The Morgan fingerprint density at radius 2 is 1.82 bits per heavy atom.